The van der Waals surface area contributed by atoms with Gasteiger partial charge in [0, 0.05) is 18.6 Å². The maximum Gasteiger partial charge on any atom is 0.451 e. The minimum Gasteiger partial charge on any atom is -0.383 e. The van der Waals surface area contributed by atoms with Gasteiger partial charge in [-0.25, -0.2) is 19.9 Å². The van der Waals surface area contributed by atoms with Gasteiger partial charge in [-0.05, 0) is 6.07 Å². The van der Waals surface area contributed by atoms with E-state index >= 15 is 0 Å². The van der Waals surface area contributed by atoms with Crippen LogP contribution in [0.25, 0.3) is 22.4 Å². The van der Waals surface area contributed by atoms with Gasteiger partial charge in [-0.15, -0.1) is 0 Å². The number of nitrogens with one attached hydrogen (secondary N) is 1. The lowest BCUT2D eigenvalue weighted by molar-refractivity contribution is -0.144. The van der Waals surface area contributed by atoms with Gasteiger partial charge in [0.15, 0.2) is 5.82 Å². The summed E-state index contributed by atoms with van der Waals surface area (Å²) in [5.41, 5.74) is 6.49. The molecule has 9 heteroatoms. The molecule has 3 rings (SSSR count). The molecule has 0 aliphatic rings. The first-order valence-corrected chi connectivity index (χ1v) is 5.45. The molecule has 0 aromatic carbocycles. The molecule has 6 nitrogen and oxygen atoms in total. The predicted octanol–water partition coefficient (Wildman–Crippen LogP) is 2.02. The standard InChI is InChI=1S/C11H7F3N6/c12-11(13,14)10-17-3-5(4-18-10)8-19-7(15)6-1-2-16-9(6)20-8/h1-4H,(H3,15,16,19,20). The first-order valence-electron chi connectivity index (χ1n) is 5.45. The van der Waals surface area contributed by atoms with Crippen LogP contribution in [-0.4, -0.2) is 24.9 Å². The normalized spacial score (nSPS) is 11.9. The van der Waals surface area contributed by atoms with E-state index in [1.165, 1.54) is 0 Å². The minimum absolute atomic E-state index is 0.158. The molecule has 0 radical (unpaired) electrons. The Labute approximate surface area is 109 Å². The summed E-state index contributed by atoms with van der Waals surface area (Å²) in [5.74, 6) is -0.826. The summed E-state index contributed by atoms with van der Waals surface area (Å²) in [7, 11) is 0. The van der Waals surface area contributed by atoms with E-state index in [4.69, 9.17) is 5.73 Å². The Hall–Kier alpha value is -2.71. The highest BCUT2D eigenvalue weighted by molar-refractivity contribution is 5.87. The van der Waals surface area contributed by atoms with Crippen LogP contribution in [0.3, 0.4) is 0 Å². The monoisotopic (exact) mass is 280 g/mol. The van der Waals surface area contributed by atoms with Gasteiger partial charge >= 0.3 is 6.18 Å². The van der Waals surface area contributed by atoms with E-state index in [0.29, 0.717) is 11.0 Å². The maximum atomic E-state index is 12.4. The van der Waals surface area contributed by atoms with Crippen molar-refractivity contribution in [1.82, 2.24) is 24.9 Å². The zero-order valence-corrected chi connectivity index (χ0v) is 9.81. The van der Waals surface area contributed by atoms with Gasteiger partial charge in [0.05, 0.1) is 10.9 Å². The quantitative estimate of drug-likeness (QED) is 0.711. The Morgan fingerprint density at radius 2 is 1.80 bits per heavy atom. The molecule has 0 atom stereocenters. The Balaban J connectivity index is 2.06. The molecule has 3 heterocycles. The molecule has 0 aliphatic heterocycles. The molecule has 0 unspecified atom stereocenters. The third-order valence-electron chi connectivity index (χ3n) is 2.61. The average molecular weight is 280 g/mol. The Morgan fingerprint density at radius 1 is 1.10 bits per heavy atom. The molecule has 0 bridgehead atoms. The molecule has 0 saturated heterocycles. The molecule has 3 aromatic heterocycles. The van der Waals surface area contributed by atoms with Crippen LogP contribution in [0.15, 0.2) is 24.7 Å². The molecule has 20 heavy (non-hydrogen) atoms. The van der Waals surface area contributed by atoms with Crippen LogP contribution in [0.1, 0.15) is 5.82 Å². The minimum atomic E-state index is -4.58. The van der Waals surface area contributed by atoms with Crippen molar-refractivity contribution in [2.75, 3.05) is 5.73 Å². The number of nitrogens with zero attached hydrogens (tertiary/aromatic N) is 4. The van der Waals surface area contributed by atoms with E-state index in [-0.39, 0.29) is 17.2 Å². The van der Waals surface area contributed by atoms with Crippen LogP contribution in [0, 0.1) is 0 Å². The van der Waals surface area contributed by atoms with Crippen LogP contribution < -0.4 is 5.73 Å². The number of anilines is 1. The number of nitrogen functional groups attached to an aromatic ring is 1. The van der Waals surface area contributed by atoms with Crippen molar-refractivity contribution in [1.29, 1.82) is 0 Å². The third kappa shape index (κ3) is 2.02. The van der Waals surface area contributed by atoms with E-state index in [0.717, 1.165) is 12.4 Å². The summed E-state index contributed by atoms with van der Waals surface area (Å²) in [6, 6.07) is 1.71. The largest absolute Gasteiger partial charge is 0.451 e. The van der Waals surface area contributed by atoms with E-state index in [1.54, 1.807) is 12.3 Å². The molecular weight excluding hydrogens is 273 g/mol. The molecule has 0 amide bonds. The van der Waals surface area contributed by atoms with E-state index in [2.05, 4.69) is 24.9 Å². The van der Waals surface area contributed by atoms with Crippen LogP contribution in [0.5, 0.6) is 0 Å². The van der Waals surface area contributed by atoms with E-state index < -0.39 is 12.0 Å². The summed E-state index contributed by atoms with van der Waals surface area (Å²) in [4.78, 5) is 17.5. The smallest absolute Gasteiger partial charge is 0.383 e. The predicted molar refractivity (Wildman–Crippen MR) is 64.3 cm³/mol. The zero-order chi connectivity index (χ0) is 14.3. The molecule has 3 N–H and O–H groups in total. The van der Waals surface area contributed by atoms with Gasteiger partial charge < -0.3 is 10.7 Å². The van der Waals surface area contributed by atoms with Gasteiger partial charge in [0.25, 0.3) is 0 Å². The van der Waals surface area contributed by atoms with Crippen molar-refractivity contribution < 1.29 is 13.2 Å². The van der Waals surface area contributed by atoms with E-state index in [9.17, 15) is 13.2 Å². The van der Waals surface area contributed by atoms with Crippen molar-refractivity contribution in [2.24, 2.45) is 0 Å². The zero-order valence-electron chi connectivity index (χ0n) is 9.81. The summed E-state index contributed by atoms with van der Waals surface area (Å²) in [5, 5.41) is 0.640. The van der Waals surface area contributed by atoms with Gasteiger partial charge in [0.1, 0.15) is 11.5 Å². The van der Waals surface area contributed by atoms with Crippen molar-refractivity contribution >= 4 is 16.9 Å². The number of fused-ring (bicyclic) bond motifs is 1. The van der Waals surface area contributed by atoms with Gasteiger partial charge in [-0.2, -0.15) is 13.2 Å². The summed E-state index contributed by atoms with van der Waals surface area (Å²) in [6.45, 7) is 0. The number of rotatable bonds is 1. The molecule has 3 aromatic rings. The number of halogens is 3. The fourth-order valence-electron chi connectivity index (χ4n) is 1.68. The van der Waals surface area contributed by atoms with Gasteiger partial charge in [-0.3, -0.25) is 0 Å². The highest BCUT2D eigenvalue weighted by Gasteiger charge is 2.34. The second-order valence-electron chi connectivity index (χ2n) is 3.97. The lowest BCUT2D eigenvalue weighted by Crippen LogP contribution is -2.10. The number of aromatic amines is 1. The number of alkyl halides is 3. The van der Waals surface area contributed by atoms with Gasteiger partial charge in [-0.1, -0.05) is 0 Å². The van der Waals surface area contributed by atoms with Crippen molar-refractivity contribution in [3.05, 3.63) is 30.5 Å². The van der Waals surface area contributed by atoms with Crippen LogP contribution in [0.4, 0.5) is 19.0 Å². The van der Waals surface area contributed by atoms with Gasteiger partial charge in [0.2, 0.25) is 5.82 Å². The number of aromatic nitrogens is 5. The molecular formula is C11H7F3N6. The topological polar surface area (TPSA) is 93.4 Å². The lowest BCUT2D eigenvalue weighted by atomic mass is 10.3. The Kier molecular flexibility index (Phi) is 2.56. The first-order chi connectivity index (χ1) is 9.45. The first kappa shape index (κ1) is 12.3. The Bertz CT molecular complexity index is 762. The molecule has 0 spiro atoms. The second-order valence-corrected chi connectivity index (χ2v) is 3.97. The van der Waals surface area contributed by atoms with Crippen LogP contribution >= 0.6 is 0 Å². The maximum absolute atomic E-state index is 12.4. The fourth-order valence-corrected chi connectivity index (χ4v) is 1.68. The number of hydrogen-bond donors (Lipinski definition) is 2. The Morgan fingerprint density at radius 3 is 2.45 bits per heavy atom. The van der Waals surface area contributed by atoms with Crippen LogP contribution in [-0.2, 0) is 6.18 Å². The highest BCUT2D eigenvalue weighted by atomic mass is 19.4. The molecule has 0 saturated carbocycles. The second kappa shape index (κ2) is 4.15. The van der Waals surface area contributed by atoms with Crippen molar-refractivity contribution in [2.45, 2.75) is 6.18 Å². The SMILES string of the molecule is Nc1nc(-c2cnc(C(F)(F)F)nc2)nc2[nH]ccc12. The molecule has 0 fully saturated rings. The number of nitrogens with two attached hydrogens (primary N) is 1. The van der Waals surface area contributed by atoms with Crippen molar-refractivity contribution in [3.63, 3.8) is 0 Å². The third-order valence-corrected chi connectivity index (χ3v) is 2.61. The summed E-state index contributed by atoms with van der Waals surface area (Å²) < 4.78 is 37.1. The van der Waals surface area contributed by atoms with Crippen LogP contribution in [0.2, 0.25) is 0 Å². The fraction of sp³-hybridized carbons (Fsp3) is 0.0909. The molecule has 102 valence electrons. The summed E-state index contributed by atoms with van der Waals surface area (Å²) >= 11 is 0. The number of H-pyrrole nitrogens is 1. The number of hydrogen-bond acceptors (Lipinski definition) is 5. The molecule has 0 aliphatic carbocycles. The highest BCUT2D eigenvalue weighted by Crippen LogP contribution is 2.27. The van der Waals surface area contributed by atoms with Crippen molar-refractivity contribution in [3.8, 4) is 11.4 Å². The average Bonchev–Trinajstić information content (AvgIpc) is 2.86. The summed E-state index contributed by atoms with van der Waals surface area (Å²) in [6.07, 6.45) is -0.913. The van der Waals surface area contributed by atoms with E-state index in [1.807, 2.05) is 0 Å². The lowest BCUT2D eigenvalue weighted by Gasteiger charge is -2.05.